The molecule has 10 nitrogen and oxygen atoms in total. The lowest BCUT2D eigenvalue weighted by Crippen LogP contribution is -2.54. The third kappa shape index (κ3) is 5.90. The number of rotatable bonds is 4. The van der Waals surface area contributed by atoms with E-state index in [2.05, 4.69) is 28.1 Å². The number of nitrogens with zero attached hydrogens (tertiary/aromatic N) is 5. The van der Waals surface area contributed by atoms with Crippen LogP contribution in [-0.4, -0.2) is 88.4 Å². The molecule has 1 N–H and O–H groups in total. The summed E-state index contributed by atoms with van der Waals surface area (Å²) in [5, 5.41) is 8.22. The lowest BCUT2D eigenvalue weighted by Gasteiger charge is -2.43. The van der Waals surface area contributed by atoms with Crippen molar-refractivity contribution < 1.29 is 19.1 Å². The van der Waals surface area contributed by atoms with Crippen molar-refractivity contribution in [3.05, 3.63) is 23.9 Å². The number of amides is 3. The van der Waals surface area contributed by atoms with Crippen LogP contribution in [0.3, 0.4) is 0 Å². The molecule has 1 aromatic heterocycles. The summed E-state index contributed by atoms with van der Waals surface area (Å²) >= 11 is 0. The van der Waals surface area contributed by atoms with Crippen molar-refractivity contribution in [2.24, 2.45) is 13.0 Å². The average Bonchev–Trinajstić information content (AvgIpc) is 3.21. The predicted octanol–water partition coefficient (Wildman–Crippen LogP) is 3.25. The molecule has 5 rings (SSSR count). The van der Waals surface area contributed by atoms with Crippen LogP contribution in [0.5, 0.6) is 0 Å². The molecule has 0 bridgehead atoms. The number of para-hydroxylation sites is 1. The normalized spacial score (nSPS) is 23.8. The highest BCUT2D eigenvalue weighted by molar-refractivity contribution is 6.03. The Kier molecular flexibility index (Phi) is 7.59. The fourth-order valence-corrected chi connectivity index (χ4v) is 6.25. The van der Waals surface area contributed by atoms with Gasteiger partial charge in [0.15, 0.2) is 0 Å². The quantitative estimate of drug-likeness (QED) is 0.597. The molecule has 3 aliphatic heterocycles. The maximum Gasteiger partial charge on any atom is 0.410 e. The van der Waals surface area contributed by atoms with Gasteiger partial charge in [-0.1, -0.05) is 12.1 Å². The average molecular weight is 539 g/mol. The zero-order valence-electron chi connectivity index (χ0n) is 23.9. The number of benzene rings is 1. The van der Waals surface area contributed by atoms with Gasteiger partial charge in [-0.2, -0.15) is 5.10 Å². The minimum Gasteiger partial charge on any atom is -0.444 e. The standard InChI is InChI=1S/C29H42N6O4/c1-19-17-35(16-15-34(19)18-20-11-13-33(14-12-20)28(38)39-29(2,3)4)23-8-6-7-21-25(31-32(5)26(21)23)22-9-10-24(36)30-27(22)37/h6-8,19-20,22H,9-18H2,1-5H3,(H,30,36,37)/t19-,22?/m1/s1. The van der Waals surface area contributed by atoms with Gasteiger partial charge in [0.2, 0.25) is 11.8 Å². The van der Waals surface area contributed by atoms with Crippen molar-refractivity contribution >= 4 is 34.5 Å². The summed E-state index contributed by atoms with van der Waals surface area (Å²) in [4.78, 5) is 43.5. The highest BCUT2D eigenvalue weighted by Gasteiger charge is 2.34. The molecule has 1 unspecified atom stereocenters. The Hall–Kier alpha value is -3.14. The topological polar surface area (TPSA) is 100 Å². The van der Waals surface area contributed by atoms with Crippen LogP contribution in [0.2, 0.25) is 0 Å². The third-order valence-corrected chi connectivity index (χ3v) is 8.31. The van der Waals surface area contributed by atoms with E-state index in [1.807, 2.05) is 49.5 Å². The number of hydrogen-bond donors (Lipinski definition) is 1. The zero-order valence-corrected chi connectivity index (χ0v) is 23.9. The molecular weight excluding hydrogens is 496 g/mol. The number of piperidine rings is 2. The number of carbonyl (C=O) groups is 3. The summed E-state index contributed by atoms with van der Waals surface area (Å²) < 4.78 is 7.44. The smallest absolute Gasteiger partial charge is 0.410 e. The largest absolute Gasteiger partial charge is 0.444 e. The minimum absolute atomic E-state index is 0.201. The van der Waals surface area contributed by atoms with Crippen molar-refractivity contribution in [2.45, 2.75) is 70.9 Å². The van der Waals surface area contributed by atoms with Gasteiger partial charge in [0, 0.05) is 64.2 Å². The van der Waals surface area contributed by atoms with E-state index in [0.29, 0.717) is 24.8 Å². The molecule has 0 aliphatic carbocycles. The van der Waals surface area contributed by atoms with Crippen LogP contribution in [0.4, 0.5) is 10.5 Å². The van der Waals surface area contributed by atoms with Crippen LogP contribution in [0.1, 0.15) is 65.0 Å². The summed E-state index contributed by atoms with van der Waals surface area (Å²) in [7, 11) is 1.94. The molecule has 3 aliphatic rings. The summed E-state index contributed by atoms with van der Waals surface area (Å²) in [5.41, 5.74) is 2.46. The molecule has 0 spiro atoms. The second-order valence-corrected chi connectivity index (χ2v) is 12.4. The lowest BCUT2D eigenvalue weighted by molar-refractivity contribution is -0.134. The first-order valence-electron chi connectivity index (χ1n) is 14.3. The molecule has 39 heavy (non-hydrogen) atoms. The maximum atomic E-state index is 12.6. The number of aromatic nitrogens is 2. The van der Waals surface area contributed by atoms with Crippen molar-refractivity contribution in [2.75, 3.05) is 44.2 Å². The van der Waals surface area contributed by atoms with Gasteiger partial charge in [-0.05, 0) is 58.9 Å². The lowest BCUT2D eigenvalue weighted by atomic mass is 9.92. The summed E-state index contributed by atoms with van der Waals surface area (Å²) in [6, 6.07) is 6.62. The zero-order chi connectivity index (χ0) is 27.9. The van der Waals surface area contributed by atoms with Gasteiger partial charge in [0.05, 0.1) is 22.8 Å². The number of ether oxygens (including phenoxy) is 1. The molecule has 3 amide bonds. The van der Waals surface area contributed by atoms with Gasteiger partial charge in [-0.3, -0.25) is 24.5 Å². The SMILES string of the molecule is C[C@@H]1CN(c2cccc3c(C4CCC(=O)NC4=O)nn(C)c23)CCN1CC1CCN(C(=O)OC(C)(C)C)CC1. The van der Waals surface area contributed by atoms with Gasteiger partial charge in [0.25, 0.3) is 0 Å². The Morgan fingerprint density at radius 2 is 1.85 bits per heavy atom. The Morgan fingerprint density at radius 3 is 2.51 bits per heavy atom. The highest BCUT2D eigenvalue weighted by atomic mass is 16.6. The molecule has 4 heterocycles. The fraction of sp³-hybridized carbons (Fsp3) is 0.655. The van der Waals surface area contributed by atoms with Crippen LogP contribution in [0, 0.1) is 5.92 Å². The number of anilines is 1. The molecule has 0 radical (unpaired) electrons. The summed E-state index contributed by atoms with van der Waals surface area (Å²) in [5.74, 6) is -0.290. The molecule has 3 fully saturated rings. The van der Waals surface area contributed by atoms with Crippen molar-refractivity contribution in [1.82, 2.24) is 24.9 Å². The Labute approximate surface area is 230 Å². The number of fused-ring (bicyclic) bond motifs is 1. The first-order valence-corrected chi connectivity index (χ1v) is 14.3. The van der Waals surface area contributed by atoms with E-state index in [0.717, 1.165) is 74.4 Å². The van der Waals surface area contributed by atoms with Crippen LogP contribution >= 0.6 is 0 Å². The number of hydrogen-bond acceptors (Lipinski definition) is 7. The second kappa shape index (κ2) is 10.8. The monoisotopic (exact) mass is 538 g/mol. The Bertz CT molecular complexity index is 1240. The predicted molar refractivity (Wildman–Crippen MR) is 150 cm³/mol. The van der Waals surface area contributed by atoms with Crippen LogP contribution in [0.25, 0.3) is 10.9 Å². The van der Waals surface area contributed by atoms with E-state index in [1.54, 1.807) is 0 Å². The first kappa shape index (κ1) is 27.4. The van der Waals surface area contributed by atoms with E-state index in [4.69, 9.17) is 9.84 Å². The van der Waals surface area contributed by atoms with Gasteiger partial charge in [-0.15, -0.1) is 0 Å². The van der Waals surface area contributed by atoms with E-state index in [1.165, 1.54) is 0 Å². The van der Waals surface area contributed by atoms with Crippen LogP contribution < -0.4 is 10.2 Å². The van der Waals surface area contributed by atoms with Crippen LogP contribution in [-0.2, 0) is 21.4 Å². The van der Waals surface area contributed by atoms with E-state index < -0.39 is 11.5 Å². The molecule has 10 heteroatoms. The highest BCUT2D eigenvalue weighted by Crippen LogP contribution is 2.35. The number of likely N-dealkylation sites (tertiary alicyclic amines) is 1. The minimum atomic E-state index is -0.463. The number of piperazine rings is 1. The van der Waals surface area contributed by atoms with Gasteiger partial charge < -0.3 is 14.5 Å². The number of imide groups is 1. The molecule has 212 valence electrons. The Morgan fingerprint density at radius 1 is 1.10 bits per heavy atom. The van der Waals surface area contributed by atoms with Crippen molar-refractivity contribution in [3.63, 3.8) is 0 Å². The molecule has 1 aromatic carbocycles. The number of carbonyl (C=O) groups excluding carboxylic acids is 3. The molecule has 2 atom stereocenters. The van der Waals surface area contributed by atoms with Crippen molar-refractivity contribution in [3.8, 4) is 0 Å². The van der Waals surface area contributed by atoms with Gasteiger partial charge in [0.1, 0.15) is 5.60 Å². The Balaban J connectivity index is 1.22. The van der Waals surface area contributed by atoms with E-state index in [-0.39, 0.29) is 17.9 Å². The van der Waals surface area contributed by atoms with E-state index in [9.17, 15) is 14.4 Å². The molecule has 3 saturated heterocycles. The summed E-state index contributed by atoms with van der Waals surface area (Å²) in [6.45, 7) is 13.4. The van der Waals surface area contributed by atoms with Gasteiger partial charge >= 0.3 is 6.09 Å². The van der Waals surface area contributed by atoms with Crippen LogP contribution in [0.15, 0.2) is 18.2 Å². The van der Waals surface area contributed by atoms with Crippen molar-refractivity contribution in [1.29, 1.82) is 0 Å². The maximum absolute atomic E-state index is 12.6. The molecule has 0 saturated carbocycles. The number of aryl methyl sites for hydroxylation is 1. The van der Waals surface area contributed by atoms with E-state index >= 15 is 0 Å². The molecular formula is C29H42N6O4. The fourth-order valence-electron chi connectivity index (χ4n) is 6.25. The molecule has 2 aromatic rings. The third-order valence-electron chi connectivity index (χ3n) is 8.31. The van der Waals surface area contributed by atoms with Gasteiger partial charge in [-0.25, -0.2) is 4.79 Å². The number of nitrogens with one attached hydrogen (secondary N) is 1. The second-order valence-electron chi connectivity index (χ2n) is 12.4. The summed E-state index contributed by atoms with van der Waals surface area (Å²) in [6.07, 6.45) is 2.64. The first-order chi connectivity index (χ1) is 18.5.